The third-order valence-electron chi connectivity index (χ3n) is 3.71. The number of aliphatic hydroxyl groups excluding tert-OH is 1. The van der Waals surface area contributed by atoms with E-state index in [4.69, 9.17) is 5.11 Å². The number of piperidine rings is 1. The average Bonchev–Trinajstić information content (AvgIpc) is 2.39. The molecule has 19 heavy (non-hydrogen) atoms. The van der Waals surface area contributed by atoms with E-state index >= 15 is 0 Å². The zero-order valence-corrected chi connectivity index (χ0v) is 11.2. The molecule has 1 unspecified atom stereocenters. The second-order valence-electron chi connectivity index (χ2n) is 5.14. The van der Waals surface area contributed by atoms with Gasteiger partial charge in [0.05, 0.1) is 5.56 Å². The number of aliphatic hydroxyl groups is 1. The van der Waals surface area contributed by atoms with E-state index in [2.05, 4.69) is 0 Å². The molecule has 1 heterocycles. The summed E-state index contributed by atoms with van der Waals surface area (Å²) < 4.78 is 13.9. The number of carbonyl (C=O) groups excluding carboxylic acids is 1. The molecule has 1 saturated heterocycles. The molecule has 1 amide bonds. The zero-order chi connectivity index (χ0) is 13.8. The van der Waals surface area contributed by atoms with Crippen LogP contribution >= 0.6 is 0 Å². The van der Waals surface area contributed by atoms with E-state index in [1.165, 1.54) is 6.07 Å². The second kappa shape index (κ2) is 6.15. The van der Waals surface area contributed by atoms with Gasteiger partial charge in [-0.25, -0.2) is 4.39 Å². The molecule has 1 aliphatic heterocycles. The van der Waals surface area contributed by atoms with Crippen LogP contribution in [-0.2, 0) is 0 Å². The van der Waals surface area contributed by atoms with Gasteiger partial charge in [-0.15, -0.1) is 0 Å². The van der Waals surface area contributed by atoms with Gasteiger partial charge in [0.2, 0.25) is 0 Å². The number of likely N-dealkylation sites (tertiary alicyclic amines) is 1. The lowest BCUT2D eigenvalue weighted by molar-refractivity contribution is 0.0570. The fourth-order valence-corrected chi connectivity index (χ4v) is 2.67. The fourth-order valence-electron chi connectivity index (χ4n) is 2.67. The molecule has 0 saturated carbocycles. The van der Waals surface area contributed by atoms with Crippen LogP contribution in [-0.4, -0.2) is 35.1 Å². The van der Waals surface area contributed by atoms with Gasteiger partial charge in [-0.1, -0.05) is 6.07 Å². The van der Waals surface area contributed by atoms with Crippen molar-refractivity contribution >= 4 is 5.91 Å². The largest absolute Gasteiger partial charge is 0.396 e. The first kappa shape index (κ1) is 14.0. The lowest BCUT2D eigenvalue weighted by Crippen LogP contribution is -2.44. The molecule has 3 nitrogen and oxygen atoms in total. The average molecular weight is 265 g/mol. The molecular formula is C15H20FNO2. The Morgan fingerprint density at radius 3 is 2.95 bits per heavy atom. The number of amides is 1. The highest BCUT2D eigenvalue weighted by Gasteiger charge is 2.28. The molecule has 1 atom stereocenters. The minimum atomic E-state index is -0.460. The number of hydrogen-bond donors (Lipinski definition) is 1. The lowest BCUT2D eigenvalue weighted by Gasteiger charge is -2.35. The quantitative estimate of drug-likeness (QED) is 0.912. The van der Waals surface area contributed by atoms with Crippen molar-refractivity contribution in [2.75, 3.05) is 13.2 Å². The zero-order valence-electron chi connectivity index (χ0n) is 11.2. The van der Waals surface area contributed by atoms with E-state index in [1.807, 2.05) is 0 Å². The summed E-state index contributed by atoms with van der Waals surface area (Å²) in [5.41, 5.74) is 0.940. The summed E-state index contributed by atoms with van der Waals surface area (Å²) >= 11 is 0. The molecule has 0 aliphatic carbocycles. The van der Waals surface area contributed by atoms with Crippen molar-refractivity contribution < 1.29 is 14.3 Å². The van der Waals surface area contributed by atoms with E-state index < -0.39 is 5.82 Å². The van der Waals surface area contributed by atoms with Gasteiger partial charge in [0, 0.05) is 19.2 Å². The van der Waals surface area contributed by atoms with Crippen LogP contribution in [0.2, 0.25) is 0 Å². The maximum absolute atomic E-state index is 13.9. The van der Waals surface area contributed by atoms with Gasteiger partial charge in [-0.3, -0.25) is 4.79 Å². The van der Waals surface area contributed by atoms with E-state index in [1.54, 1.807) is 24.0 Å². The van der Waals surface area contributed by atoms with Crippen LogP contribution in [0.25, 0.3) is 0 Å². The number of halogens is 1. The van der Waals surface area contributed by atoms with Crippen LogP contribution in [0.1, 0.15) is 41.6 Å². The molecule has 1 N–H and O–H groups in total. The van der Waals surface area contributed by atoms with Crippen molar-refractivity contribution in [2.45, 2.75) is 38.6 Å². The van der Waals surface area contributed by atoms with Gasteiger partial charge in [0.1, 0.15) is 5.82 Å². The van der Waals surface area contributed by atoms with Crippen LogP contribution in [0.5, 0.6) is 0 Å². The Morgan fingerprint density at radius 2 is 2.26 bits per heavy atom. The number of nitrogens with zero attached hydrogens (tertiary/aromatic N) is 1. The number of hydrogen-bond acceptors (Lipinski definition) is 2. The molecule has 2 rings (SSSR count). The summed E-state index contributed by atoms with van der Waals surface area (Å²) in [6.45, 7) is 2.51. The lowest BCUT2D eigenvalue weighted by atomic mass is 9.98. The van der Waals surface area contributed by atoms with Crippen molar-refractivity contribution in [3.8, 4) is 0 Å². The van der Waals surface area contributed by atoms with Gasteiger partial charge in [-0.2, -0.15) is 0 Å². The van der Waals surface area contributed by atoms with Crippen LogP contribution < -0.4 is 0 Å². The Morgan fingerprint density at radius 1 is 1.47 bits per heavy atom. The fraction of sp³-hybridized carbons (Fsp3) is 0.533. The highest BCUT2D eigenvalue weighted by atomic mass is 19.1. The predicted molar refractivity (Wildman–Crippen MR) is 71.5 cm³/mol. The third-order valence-corrected chi connectivity index (χ3v) is 3.71. The van der Waals surface area contributed by atoms with Gasteiger partial charge < -0.3 is 10.0 Å². The summed E-state index contributed by atoms with van der Waals surface area (Å²) in [6, 6.07) is 4.73. The topological polar surface area (TPSA) is 40.5 Å². The Bertz CT molecular complexity index is 459. The molecule has 1 fully saturated rings. The molecule has 0 radical (unpaired) electrons. The minimum Gasteiger partial charge on any atom is -0.396 e. The van der Waals surface area contributed by atoms with Crippen LogP contribution in [0.4, 0.5) is 4.39 Å². The molecule has 0 aromatic heterocycles. The molecule has 1 aromatic carbocycles. The molecule has 0 spiro atoms. The van der Waals surface area contributed by atoms with Gasteiger partial charge in [0.25, 0.3) is 5.91 Å². The second-order valence-corrected chi connectivity index (χ2v) is 5.14. The van der Waals surface area contributed by atoms with Gasteiger partial charge >= 0.3 is 0 Å². The van der Waals surface area contributed by atoms with Crippen LogP contribution in [0.3, 0.4) is 0 Å². The maximum atomic E-state index is 13.9. The van der Waals surface area contributed by atoms with Crippen molar-refractivity contribution in [3.63, 3.8) is 0 Å². The van der Waals surface area contributed by atoms with E-state index in [9.17, 15) is 9.18 Å². The Hall–Kier alpha value is -1.42. The third kappa shape index (κ3) is 3.13. The summed E-state index contributed by atoms with van der Waals surface area (Å²) in [4.78, 5) is 14.1. The molecule has 1 aromatic rings. The number of aryl methyl sites for hydroxylation is 1. The van der Waals surface area contributed by atoms with E-state index in [0.717, 1.165) is 24.8 Å². The van der Waals surface area contributed by atoms with Crippen molar-refractivity contribution in [2.24, 2.45) is 0 Å². The molecule has 104 valence electrons. The molecule has 0 bridgehead atoms. The Kier molecular flexibility index (Phi) is 4.53. The first-order chi connectivity index (χ1) is 9.13. The van der Waals surface area contributed by atoms with Gasteiger partial charge in [0.15, 0.2) is 0 Å². The molecule has 4 heteroatoms. The van der Waals surface area contributed by atoms with Crippen LogP contribution in [0, 0.1) is 12.7 Å². The number of carbonyl (C=O) groups is 1. The standard InChI is InChI=1S/C15H20FNO2/c1-11-5-6-13(14(16)10-11)15(19)17-8-3-2-4-12(17)7-9-18/h5-6,10,12,18H,2-4,7-9H2,1H3. The Labute approximate surface area is 113 Å². The number of benzene rings is 1. The monoisotopic (exact) mass is 265 g/mol. The first-order valence-electron chi connectivity index (χ1n) is 6.81. The smallest absolute Gasteiger partial charge is 0.257 e. The molecule has 1 aliphatic rings. The van der Waals surface area contributed by atoms with Crippen LogP contribution in [0.15, 0.2) is 18.2 Å². The minimum absolute atomic E-state index is 0.0342. The number of rotatable bonds is 3. The van der Waals surface area contributed by atoms with Gasteiger partial charge in [-0.05, 0) is 50.3 Å². The normalized spacial score (nSPS) is 19.5. The predicted octanol–water partition coefficient (Wildman–Crippen LogP) is 2.51. The Balaban J connectivity index is 2.21. The maximum Gasteiger partial charge on any atom is 0.257 e. The highest BCUT2D eigenvalue weighted by Crippen LogP contribution is 2.23. The SMILES string of the molecule is Cc1ccc(C(=O)N2CCCCC2CCO)c(F)c1. The summed E-state index contributed by atoms with van der Waals surface area (Å²) in [7, 11) is 0. The van der Waals surface area contributed by atoms with Crippen molar-refractivity contribution in [1.82, 2.24) is 4.90 Å². The van der Waals surface area contributed by atoms with Crippen molar-refractivity contribution in [3.05, 3.63) is 35.1 Å². The van der Waals surface area contributed by atoms with E-state index in [-0.39, 0.29) is 24.1 Å². The summed E-state index contributed by atoms with van der Waals surface area (Å²) in [5, 5.41) is 9.07. The first-order valence-corrected chi connectivity index (χ1v) is 6.81. The van der Waals surface area contributed by atoms with Crippen molar-refractivity contribution in [1.29, 1.82) is 0 Å². The van der Waals surface area contributed by atoms with E-state index in [0.29, 0.717) is 13.0 Å². The summed E-state index contributed by atoms with van der Waals surface area (Å²) in [5.74, 6) is -0.714. The summed E-state index contributed by atoms with van der Waals surface area (Å²) in [6.07, 6.45) is 3.46. The molecular weight excluding hydrogens is 245 g/mol. The highest BCUT2D eigenvalue weighted by molar-refractivity contribution is 5.94.